The molecule has 0 spiro atoms. The van der Waals surface area contributed by atoms with Crippen LogP contribution < -0.4 is 11.5 Å². The zero-order valence-corrected chi connectivity index (χ0v) is 14.1. The van der Waals surface area contributed by atoms with Crippen LogP contribution in [0.2, 0.25) is 0 Å². The smallest absolute Gasteiger partial charge is 0.328 e. The third kappa shape index (κ3) is 13.8. The summed E-state index contributed by atoms with van der Waals surface area (Å²) in [7, 11) is 0. The van der Waals surface area contributed by atoms with Gasteiger partial charge in [0.1, 0.15) is 0 Å². The van der Waals surface area contributed by atoms with Gasteiger partial charge in [-0.1, -0.05) is 60.7 Å². The van der Waals surface area contributed by atoms with E-state index >= 15 is 0 Å². The molecule has 0 atom stereocenters. The van der Waals surface area contributed by atoms with Crippen molar-refractivity contribution < 1.29 is 19.8 Å². The Morgan fingerprint density at radius 2 is 0.962 bits per heavy atom. The molecule has 136 valence electrons. The van der Waals surface area contributed by atoms with Gasteiger partial charge in [0.2, 0.25) is 0 Å². The minimum Gasteiger partial charge on any atom is -0.478 e. The van der Waals surface area contributed by atoms with E-state index in [1.165, 1.54) is 12.4 Å². The summed E-state index contributed by atoms with van der Waals surface area (Å²) in [4.78, 5) is 19.1. The van der Waals surface area contributed by atoms with Crippen LogP contribution in [0.15, 0.2) is 85.2 Å². The normalized spacial score (nSPS) is 10.0. The zero-order valence-electron chi connectivity index (χ0n) is 14.1. The molecule has 6 heteroatoms. The second-order valence-electron chi connectivity index (χ2n) is 4.55. The average molecular weight is 354 g/mol. The Balaban J connectivity index is 0.000000362. The molecule has 0 aromatic heterocycles. The number of carbonyl (C=O) groups is 2. The molecule has 0 saturated heterocycles. The predicted molar refractivity (Wildman–Crippen MR) is 104 cm³/mol. The lowest BCUT2D eigenvalue weighted by atomic mass is 10.2. The molecule has 0 aliphatic carbocycles. The fourth-order valence-corrected chi connectivity index (χ4v) is 1.49. The Bertz CT molecular complexity index is 660. The number of carboxylic acids is 2. The van der Waals surface area contributed by atoms with Crippen molar-refractivity contribution in [3.63, 3.8) is 0 Å². The third-order valence-corrected chi connectivity index (χ3v) is 2.54. The fraction of sp³-hybridized carbons (Fsp3) is 0. The van der Waals surface area contributed by atoms with Gasteiger partial charge in [-0.15, -0.1) is 0 Å². The van der Waals surface area contributed by atoms with E-state index in [-0.39, 0.29) is 0 Å². The van der Waals surface area contributed by atoms with Crippen LogP contribution in [-0.2, 0) is 9.59 Å². The number of hydrogen-bond acceptors (Lipinski definition) is 4. The van der Waals surface area contributed by atoms with Crippen LogP contribution in [0.25, 0.3) is 12.2 Å². The summed E-state index contributed by atoms with van der Waals surface area (Å²) in [5.74, 6) is -2.51. The van der Waals surface area contributed by atoms with E-state index in [2.05, 4.69) is 0 Å². The topological polar surface area (TPSA) is 127 Å². The first kappa shape index (κ1) is 22.2. The Morgan fingerprint density at radius 3 is 1.19 bits per heavy atom. The molecular weight excluding hydrogens is 332 g/mol. The van der Waals surface area contributed by atoms with Crippen molar-refractivity contribution in [3.05, 3.63) is 96.3 Å². The van der Waals surface area contributed by atoms with Gasteiger partial charge in [0.05, 0.1) is 0 Å². The minimum absolute atomic E-state index is 0.558. The van der Waals surface area contributed by atoms with Gasteiger partial charge in [0.25, 0.3) is 0 Å². The van der Waals surface area contributed by atoms with Crippen LogP contribution in [-0.4, -0.2) is 22.2 Å². The average Bonchev–Trinajstić information content (AvgIpc) is 2.63. The van der Waals surface area contributed by atoms with Crippen molar-refractivity contribution in [2.45, 2.75) is 0 Å². The lowest BCUT2D eigenvalue weighted by Gasteiger charge is -1.86. The number of benzene rings is 2. The van der Waals surface area contributed by atoms with Gasteiger partial charge in [-0.2, -0.15) is 0 Å². The number of rotatable bonds is 4. The van der Waals surface area contributed by atoms with Gasteiger partial charge in [-0.25, -0.2) is 9.59 Å². The van der Waals surface area contributed by atoms with Gasteiger partial charge in [-0.05, 0) is 35.7 Å². The van der Waals surface area contributed by atoms with Crippen LogP contribution in [0.4, 0.5) is 0 Å². The van der Waals surface area contributed by atoms with E-state index in [9.17, 15) is 9.59 Å². The van der Waals surface area contributed by atoms with Crippen LogP contribution in [0, 0.1) is 0 Å². The first-order valence-corrected chi connectivity index (χ1v) is 7.50. The number of aliphatic carboxylic acids is 2. The highest BCUT2D eigenvalue weighted by Gasteiger charge is 1.88. The Morgan fingerprint density at radius 1 is 0.654 bits per heavy atom. The maximum Gasteiger partial charge on any atom is 0.328 e. The molecule has 2 aromatic rings. The zero-order chi connectivity index (χ0) is 19.6. The summed E-state index contributed by atoms with van der Waals surface area (Å²) in [5.41, 5.74) is 12.6. The summed E-state index contributed by atoms with van der Waals surface area (Å²) in [6.07, 6.45) is 7.91. The van der Waals surface area contributed by atoms with Gasteiger partial charge in [0, 0.05) is 12.2 Å². The van der Waals surface area contributed by atoms with Gasteiger partial charge in [0.15, 0.2) is 0 Å². The van der Waals surface area contributed by atoms with Gasteiger partial charge < -0.3 is 21.7 Å². The van der Waals surface area contributed by atoms with Crippen molar-refractivity contribution in [1.29, 1.82) is 0 Å². The predicted octanol–water partition coefficient (Wildman–Crippen LogP) is 2.94. The highest BCUT2D eigenvalue weighted by Crippen LogP contribution is 1.99. The molecule has 0 aliphatic heterocycles. The molecule has 6 N–H and O–H groups in total. The lowest BCUT2D eigenvalue weighted by molar-refractivity contribution is -0.134. The fourth-order valence-electron chi connectivity index (χ4n) is 1.49. The number of carboxylic acid groups (broad SMARTS) is 2. The maximum atomic E-state index is 9.55. The molecule has 2 aromatic carbocycles. The first-order chi connectivity index (χ1) is 12.5. The lowest BCUT2D eigenvalue weighted by Crippen LogP contribution is -1.91. The summed E-state index contributed by atoms with van der Waals surface area (Å²) in [6, 6.07) is 19.9. The van der Waals surface area contributed by atoms with Crippen molar-refractivity contribution in [3.8, 4) is 0 Å². The highest BCUT2D eigenvalue weighted by atomic mass is 16.4. The molecule has 0 unspecified atom stereocenters. The summed E-state index contributed by atoms with van der Waals surface area (Å²) in [5, 5.41) is 15.6. The van der Waals surface area contributed by atoms with Crippen LogP contribution in [0.1, 0.15) is 11.1 Å². The molecule has 0 aliphatic rings. The Labute approximate surface area is 152 Å². The van der Waals surface area contributed by atoms with E-state index in [1.807, 2.05) is 72.8 Å². The van der Waals surface area contributed by atoms with Crippen LogP contribution >= 0.6 is 0 Å². The van der Waals surface area contributed by atoms with Crippen LogP contribution in [0.5, 0.6) is 0 Å². The minimum atomic E-state index is -1.26. The summed E-state index contributed by atoms with van der Waals surface area (Å²) < 4.78 is 0. The van der Waals surface area contributed by atoms with Crippen molar-refractivity contribution in [2.24, 2.45) is 11.5 Å². The maximum absolute atomic E-state index is 9.55. The molecule has 6 nitrogen and oxygen atoms in total. The van der Waals surface area contributed by atoms with Gasteiger partial charge >= 0.3 is 11.9 Å². The van der Waals surface area contributed by atoms with Crippen molar-refractivity contribution in [1.82, 2.24) is 0 Å². The second-order valence-corrected chi connectivity index (χ2v) is 4.55. The molecule has 2 rings (SSSR count). The summed E-state index contributed by atoms with van der Waals surface area (Å²) >= 11 is 0. The third-order valence-electron chi connectivity index (χ3n) is 2.54. The molecule has 0 radical (unpaired) electrons. The largest absolute Gasteiger partial charge is 0.478 e. The Hall–Kier alpha value is -3.80. The molecule has 0 fully saturated rings. The molecule has 0 bridgehead atoms. The molecule has 26 heavy (non-hydrogen) atoms. The van der Waals surface area contributed by atoms with E-state index < -0.39 is 11.9 Å². The van der Waals surface area contributed by atoms with E-state index in [4.69, 9.17) is 21.7 Å². The Kier molecular flexibility index (Phi) is 12.6. The van der Waals surface area contributed by atoms with Crippen LogP contribution in [0.3, 0.4) is 0 Å². The molecule has 0 amide bonds. The standard InChI is InChI=1S/2C8H9N.C4H4O4/c2*9-7-6-8-4-2-1-3-5-8;5-3(6)1-2-4(7)8/h2*1-7H,9H2;1-2H,(H,5,6)(H,7,8)/b;;2-1-. The van der Waals surface area contributed by atoms with Gasteiger partial charge in [-0.3, -0.25) is 0 Å². The molecule has 0 saturated carbocycles. The van der Waals surface area contributed by atoms with Crippen molar-refractivity contribution in [2.75, 3.05) is 0 Å². The number of nitrogens with two attached hydrogens (primary N) is 2. The number of hydrogen-bond donors (Lipinski definition) is 4. The van der Waals surface area contributed by atoms with E-state index in [1.54, 1.807) is 0 Å². The monoisotopic (exact) mass is 354 g/mol. The SMILES string of the molecule is NC=Cc1ccccc1.NC=Cc1ccccc1.O=C(O)/C=C\C(=O)O. The highest BCUT2D eigenvalue weighted by molar-refractivity contribution is 5.89. The summed E-state index contributed by atoms with van der Waals surface area (Å²) in [6.45, 7) is 0. The first-order valence-electron chi connectivity index (χ1n) is 7.50. The van der Waals surface area contributed by atoms with E-state index in [0.717, 1.165) is 11.1 Å². The van der Waals surface area contributed by atoms with E-state index in [0.29, 0.717) is 12.2 Å². The molecule has 0 heterocycles. The second kappa shape index (κ2) is 14.8. The quantitative estimate of drug-likeness (QED) is 0.625. The van der Waals surface area contributed by atoms with Crippen molar-refractivity contribution >= 4 is 24.1 Å². The molecular formula is C20H22N2O4.